The number of carbonyl (C=O) groups is 5. The van der Waals surface area contributed by atoms with Crippen LogP contribution in [0.1, 0.15) is 29.7 Å². The number of aromatic nitrogens is 2. The molecule has 0 fully saturated rings. The van der Waals surface area contributed by atoms with Gasteiger partial charge in [0.05, 0.1) is 18.9 Å². The molecule has 0 spiro atoms. The summed E-state index contributed by atoms with van der Waals surface area (Å²) in [7, 11) is 0. The van der Waals surface area contributed by atoms with Gasteiger partial charge in [0.15, 0.2) is 0 Å². The molecule has 0 radical (unpaired) electrons. The fraction of sp³-hybridized carbons (Fsp3) is 0.310. The van der Waals surface area contributed by atoms with E-state index in [4.69, 9.17) is 4.74 Å². The molecule has 0 bridgehead atoms. The Balaban J connectivity index is 1.40. The van der Waals surface area contributed by atoms with Crippen molar-refractivity contribution in [1.29, 1.82) is 0 Å². The molecule has 1 heterocycles. The molecule has 0 saturated heterocycles. The van der Waals surface area contributed by atoms with Crippen molar-refractivity contribution in [2.24, 2.45) is 0 Å². The number of nitrogens with one attached hydrogen (secondary N) is 5. The van der Waals surface area contributed by atoms with Crippen molar-refractivity contribution in [2.75, 3.05) is 13.1 Å². The molecule has 0 aliphatic heterocycles. The summed E-state index contributed by atoms with van der Waals surface area (Å²) in [5.74, 6) is -1.48. The van der Waals surface area contributed by atoms with E-state index in [2.05, 4.69) is 31.2 Å². The molecule has 3 rings (SSSR count). The predicted molar refractivity (Wildman–Crippen MR) is 149 cm³/mol. The molecule has 3 aromatic rings. The number of aldehydes is 1. The number of aromatic amines is 1. The average molecular weight is 563 g/mol. The summed E-state index contributed by atoms with van der Waals surface area (Å²) in [6.45, 7) is 0.0316. The van der Waals surface area contributed by atoms with Gasteiger partial charge in [-0.05, 0) is 17.5 Å². The molecule has 0 unspecified atom stereocenters. The number of rotatable bonds is 16. The van der Waals surface area contributed by atoms with Crippen molar-refractivity contribution < 1.29 is 28.7 Å². The molecular weight excluding hydrogens is 528 g/mol. The Hall–Kier alpha value is -5.00. The monoisotopic (exact) mass is 562 g/mol. The molecule has 41 heavy (non-hydrogen) atoms. The van der Waals surface area contributed by atoms with Crippen molar-refractivity contribution in [2.45, 2.75) is 44.4 Å². The first-order valence-corrected chi connectivity index (χ1v) is 13.2. The van der Waals surface area contributed by atoms with E-state index < -0.39 is 30.0 Å². The maximum atomic E-state index is 13.0. The lowest BCUT2D eigenvalue weighted by Crippen LogP contribution is -2.53. The van der Waals surface area contributed by atoms with Gasteiger partial charge < -0.3 is 35.8 Å². The number of carbonyl (C=O) groups excluding carboxylic acids is 5. The Kier molecular flexibility index (Phi) is 12.6. The zero-order valence-corrected chi connectivity index (χ0v) is 22.5. The van der Waals surface area contributed by atoms with E-state index in [0.717, 1.165) is 11.1 Å². The smallest absolute Gasteiger partial charge is 0.407 e. The van der Waals surface area contributed by atoms with Gasteiger partial charge in [0.2, 0.25) is 17.7 Å². The molecule has 0 aliphatic rings. The highest BCUT2D eigenvalue weighted by molar-refractivity contribution is 5.91. The Bertz CT molecular complexity index is 1250. The van der Waals surface area contributed by atoms with E-state index in [1.165, 1.54) is 6.33 Å². The molecule has 12 nitrogen and oxygen atoms in total. The average Bonchev–Trinajstić information content (AvgIpc) is 3.50. The zero-order valence-electron chi connectivity index (χ0n) is 22.5. The van der Waals surface area contributed by atoms with Gasteiger partial charge in [0, 0.05) is 37.7 Å². The number of benzene rings is 2. The summed E-state index contributed by atoms with van der Waals surface area (Å²) in [5.41, 5.74) is 2.34. The van der Waals surface area contributed by atoms with Crippen LogP contribution in [0.25, 0.3) is 0 Å². The van der Waals surface area contributed by atoms with Crippen LogP contribution in [0.15, 0.2) is 73.2 Å². The topological polar surface area (TPSA) is 171 Å². The third kappa shape index (κ3) is 11.7. The summed E-state index contributed by atoms with van der Waals surface area (Å²) >= 11 is 0. The summed E-state index contributed by atoms with van der Waals surface area (Å²) in [4.78, 5) is 68.0. The van der Waals surface area contributed by atoms with Crippen LogP contribution in [-0.4, -0.2) is 65.2 Å². The van der Waals surface area contributed by atoms with E-state index in [1.807, 2.05) is 60.7 Å². The summed E-state index contributed by atoms with van der Waals surface area (Å²) < 4.78 is 5.11. The van der Waals surface area contributed by atoms with E-state index in [1.54, 1.807) is 6.20 Å². The van der Waals surface area contributed by atoms with Gasteiger partial charge >= 0.3 is 6.09 Å². The van der Waals surface area contributed by atoms with Gasteiger partial charge in [-0.25, -0.2) is 9.78 Å². The number of imidazole rings is 1. The van der Waals surface area contributed by atoms with Crippen LogP contribution in [0.5, 0.6) is 0 Å². The number of amides is 4. The minimum atomic E-state index is -0.975. The van der Waals surface area contributed by atoms with Crippen molar-refractivity contribution in [3.8, 4) is 0 Å². The fourth-order valence-electron chi connectivity index (χ4n) is 3.83. The third-order valence-corrected chi connectivity index (χ3v) is 5.93. The van der Waals surface area contributed by atoms with Crippen LogP contribution >= 0.6 is 0 Å². The first-order chi connectivity index (χ1) is 19.9. The molecule has 2 aromatic carbocycles. The second kappa shape index (κ2) is 16.9. The van der Waals surface area contributed by atoms with Crippen LogP contribution in [0, 0.1) is 0 Å². The largest absolute Gasteiger partial charge is 0.445 e. The third-order valence-electron chi connectivity index (χ3n) is 5.93. The van der Waals surface area contributed by atoms with Gasteiger partial charge in [-0.2, -0.15) is 0 Å². The highest BCUT2D eigenvalue weighted by Crippen LogP contribution is 2.05. The van der Waals surface area contributed by atoms with Gasteiger partial charge in [-0.3, -0.25) is 14.4 Å². The van der Waals surface area contributed by atoms with E-state index in [-0.39, 0.29) is 44.9 Å². The standard InChI is InChI=1S/C29H34N6O6/c36-18-24(15-23-16-30-20-33-23)34-28(39)25(14-21-8-3-1-4-9-21)35-27(38)17-32-26(37)12-7-13-31-29(40)41-19-22-10-5-2-6-11-22/h1-6,8-11,16,18,20,24-25H,7,12-15,17,19H2,(H,30,33)(H,31,40)(H,32,37)(H,34,39)(H,35,38)/t24-,25-/m0/s1. The lowest BCUT2D eigenvalue weighted by Gasteiger charge is -2.21. The van der Waals surface area contributed by atoms with E-state index >= 15 is 0 Å². The number of nitrogens with zero attached hydrogens (tertiary/aromatic N) is 1. The molecule has 0 saturated carbocycles. The molecule has 5 N–H and O–H groups in total. The number of H-pyrrole nitrogens is 1. The van der Waals surface area contributed by atoms with E-state index in [0.29, 0.717) is 18.4 Å². The molecule has 2 atom stereocenters. The van der Waals surface area contributed by atoms with Crippen LogP contribution in [0.4, 0.5) is 4.79 Å². The van der Waals surface area contributed by atoms with Gasteiger partial charge in [0.25, 0.3) is 0 Å². The maximum Gasteiger partial charge on any atom is 0.407 e. The Morgan fingerprint density at radius 1 is 0.878 bits per heavy atom. The van der Waals surface area contributed by atoms with Crippen LogP contribution < -0.4 is 21.3 Å². The Morgan fingerprint density at radius 3 is 2.24 bits per heavy atom. The Labute approximate surface area is 237 Å². The number of hydrogen-bond acceptors (Lipinski definition) is 7. The molecule has 12 heteroatoms. The summed E-state index contributed by atoms with van der Waals surface area (Å²) in [5, 5.41) is 10.4. The highest BCUT2D eigenvalue weighted by Gasteiger charge is 2.24. The van der Waals surface area contributed by atoms with Gasteiger partial charge in [-0.1, -0.05) is 60.7 Å². The second-order valence-electron chi connectivity index (χ2n) is 9.21. The lowest BCUT2D eigenvalue weighted by molar-refractivity contribution is -0.130. The number of alkyl carbamates (subject to hydrolysis) is 1. The van der Waals surface area contributed by atoms with Crippen molar-refractivity contribution in [3.63, 3.8) is 0 Å². The summed E-state index contributed by atoms with van der Waals surface area (Å²) in [6, 6.07) is 16.6. The molecule has 216 valence electrons. The molecule has 0 aliphatic carbocycles. The number of hydrogen-bond donors (Lipinski definition) is 5. The minimum absolute atomic E-state index is 0.0782. The fourth-order valence-corrected chi connectivity index (χ4v) is 3.83. The molecule has 1 aromatic heterocycles. The first-order valence-electron chi connectivity index (χ1n) is 13.2. The Morgan fingerprint density at radius 2 is 1.59 bits per heavy atom. The highest BCUT2D eigenvalue weighted by atomic mass is 16.5. The summed E-state index contributed by atoms with van der Waals surface area (Å²) in [6.07, 6.45) is 3.90. The van der Waals surface area contributed by atoms with Crippen LogP contribution in [-0.2, 0) is 43.4 Å². The van der Waals surface area contributed by atoms with Crippen LogP contribution in [0.2, 0.25) is 0 Å². The van der Waals surface area contributed by atoms with Gasteiger partial charge in [-0.15, -0.1) is 0 Å². The lowest BCUT2D eigenvalue weighted by atomic mass is 10.0. The first kappa shape index (κ1) is 30.5. The SMILES string of the molecule is O=C[C@H](Cc1cnc[nH]1)NC(=O)[C@H](Cc1ccccc1)NC(=O)CNC(=O)CCCNC(=O)OCc1ccccc1. The van der Waals surface area contributed by atoms with Crippen molar-refractivity contribution >= 4 is 30.1 Å². The second-order valence-corrected chi connectivity index (χ2v) is 9.21. The zero-order chi connectivity index (χ0) is 29.3. The maximum absolute atomic E-state index is 13.0. The molecule has 4 amide bonds. The van der Waals surface area contributed by atoms with E-state index in [9.17, 15) is 24.0 Å². The van der Waals surface area contributed by atoms with Crippen LogP contribution in [0.3, 0.4) is 0 Å². The minimum Gasteiger partial charge on any atom is -0.445 e. The normalized spacial score (nSPS) is 11.9. The predicted octanol–water partition coefficient (Wildman–Crippen LogP) is 1.19. The van der Waals surface area contributed by atoms with Crippen molar-refractivity contribution in [1.82, 2.24) is 31.2 Å². The van der Waals surface area contributed by atoms with Crippen molar-refractivity contribution in [3.05, 3.63) is 90.0 Å². The number of ether oxygens (including phenoxy) is 1. The quantitative estimate of drug-likeness (QED) is 0.129. The molecular formula is C29H34N6O6. The van der Waals surface area contributed by atoms with Gasteiger partial charge in [0.1, 0.15) is 18.9 Å².